The average Bonchev–Trinajstić information content (AvgIpc) is 3.36. The van der Waals surface area contributed by atoms with E-state index in [9.17, 15) is 0 Å². The van der Waals surface area contributed by atoms with Gasteiger partial charge in [0.15, 0.2) is 0 Å². The predicted octanol–water partition coefficient (Wildman–Crippen LogP) is 7.60. The molecule has 4 aromatic carbocycles. The maximum atomic E-state index is 8.00. The van der Waals surface area contributed by atoms with Crippen LogP contribution in [0.4, 0.5) is 0 Å². The van der Waals surface area contributed by atoms with E-state index in [2.05, 4.69) is 147 Å². The van der Waals surface area contributed by atoms with Crippen molar-refractivity contribution in [2.24, 2.45) is 5.92 Å². The van der Waals surface area contributed by atoms with Crippen LogP contribution in [0.1, 0.15) is 40.4 Å². The molecule has 1 unspecified atom stereocenters. The Balaban J connectivity index is 0. The molecule has 1 N–H and O–H groups in total. The SMILES string of the molecule is C=O.C=O.CC(C)CNC1(c2ccccc2)[C-]=C(c2ccccc2)C(c2ccccc2)=C1c1ccccc1.[H-].[H-].[H-].[Ru+4]. The van der Waals surface area contributed by atoms with Crippen molar-refractivity contribution in [3.63, 3.8) is 0 Å². The fourth-order valence-corrected chi connectivity index (χ4v) is 4.80. The molecule has 0 radical (unpaired) electrons. The zero-order valence-electron chi connectivity index (χ0n) is 25.4. The topological polar surface area (TPSA) is 46.2 Å². The minimum atomic E-state index is -0.566. The van der Waals surface area contributed by atoms with Gasteiger partial charge in [-0.2, -0.15) is 11.6 Å². The molecule has 0 aromatic heterocycles. The summed E-state index contributed by atoms with van der Waals surface area (Å²) in [5.74, 6) is 0.500. The predicted molar refractivity (Wildman–Crippen MR) is 161 cm³/mol. The molecule has 0 bridgehead atoms. The summed E-state index contributed by atoms with van der Waals surface area (Å²) in [4.78, 5) is 16.0. The fraction of sp³-hybridized carbons (Fsp3) is 0.143. The Morgan fingerprint density at radius 2 is 1.08 bits per heavy atom. The molecule has 0 saturated carbocycles. The van der Waals surface area contributed by atoms with E-state index in [1.165, 1.54) is 33.4 Å². The molecule has 0 heterocycles. The van der Waals surface area contributed by atoms with Crippen molar-refractivity contribution < 1.29 is 33.3 Å². The summed E-state index contributed by atoms with van der Waals surface area (Å²) in [6.07, 6.45) is 4.02. The van der Waals surface area contributed by atoms with E-state index in [-0.39, 0.29) is 23.8 Å². The summed E-state index contributed by atoms with van der Waals surface area (Å²) in [5, 5.41) is 3.97. The van der Waals surface area contributed by atoms with E-state index in [0.717, 1.165) is 12.1 Å². The van der Waals surface area contributed by atoms with Crippen LogP contribution >= 0.6 is 0 Å². The normalized spacial score (nSPS) is 15.7. The third-order valence-electron chi connectivity index (χ3n) is 6.36. The van der Waals surface area contributed by atoms with Crippen molar-refractivity contribution in [2.75, 3.05) is 6.54 Å². The molecule has 1 aliphatic carbocycles. The van der Waals surface area contributed by atoms with Gasteiger partial charge >= 0.3 is 19.5 Å². The van der Waals surface area contributed by atoms with Crippen molar-refractivity contribution in [2.45, 2.75) is 19.4 Å². The smallest absolute Gasteiger partial charge is 1.00 e. The number of carbonyl (C=O) groups is 2. The van der Waals surface area contributed by atoms with Crippen LogP contribution in [-0.2, 0) is 34.6 Å². The van der Waals surface area contributed by atoms with E-state index >= 15 is 0 Å². The number of benzene rings is 4. The number of hydrogen-bond donors (Lipinski definition) is 1. The molecule has 1 aliphatic rings. The third-order valence-corrected chi connectivity index (χ3v) is 6.36. The van der Waals surface area contributed by atoms with Crippen LogP contribution < -0.4 is 5.32 Å². The molecular formula is C35H37NO2Ru. The van der Waals surface area contributed by atoms with E-state index in [1.54, 1.807) is 0 Å². The molecule has 5 rings (SSSR count). The maximum absolute atomic E-state index is 8.00. The van der Waals surface area contributed by atoms with Crippen LogP contribution in [0.2, 0.25) is 0 Å². The Morgan fingerprint density at radius 1 is 0.667 bits per heavy atom. The number of nitrogens with one attached hydrogen (secondary N) is 1. The Kier molecular flexibility index (Phi) is 12.6. The summed E-state index contributed by atoms with van der Waals surface area (Å²) < 4.78 is 0. The summed E-state index contributed by atoms with van der Waals surface area (Å²) in [6.45, 7) is 9.39. The van der Waals surface area contributed by atoms with Gasteiger partial charge in [0.05, 0.1) is 0 Å². The first-order valence-electron chi connectivity index (χ1n) is 12.6. The number of carbonyl (C=O) groups excluding carboxylic acids is 2. The third kappa shape index (κ3) is 7.03. The van der Waals surface area contributed by atoms with Gasteiger partial charge in [-0.1, -0.05) is 134 Å². The molecule has 0 amide bonds. The Bertz CT molecular complexity index is 1350. The number of rotatable bonds is 7. The first kappa shape index (κ1) is 31.5. The van der Waals surface area contributed by atoms with Crippen LogP contribution in [0.25, 0.3) is 16.7 Å². The Hall–Kier alpha value is -3.72. The Morgan fingerprint density at radius 3 is 1.54 bits per heavy atom. The van der Waals surface area contributed by atoms with Crippen LogP contribution in [0.5, 0.6) is 0 Å². The number of allylic oxidation sites excluding steroid dienone is 2. The van der Waals surface area contributed by atoms with Gasteiger partial charge < -0.3 is 19.2 Å². The average molecular weight is 605 g/mol. The van der Waals surface area contributed by atoms with Crippen molar-refractivity contribution in [3.8, 4) is 0 Å². The van der Waals surface area contributed by atoms with Gasteiger partial charge in [0.1, 0.15) is 13.6 Å². The minimum absolute atomic E-state index is 0. The molecular weight excluding hydrogens is 567 g/mol. The molecule has 3 nitrogen and oxygen atoms in total. The number of hydrogen-bond acceptors (Lipinski definition) is 3. The summed E-state index contributed by atoms with van der Waals surface area (Å²) in [7, 11) is 0. The van der Waals surface area contributed by atoms with Crippen LogP contribution in [0.3, 0.4) is 0 Å². The molecule has 4 aromatic rings. The van der Waals surface area contributed by atoms with Crippen molar-refractivity contribution >= 4 is 30.3 Å². The molecule has 4 heteroatoms. The van der Waals surface area contributed by atoms with E-state index in [4.69, 9.17) is 9.59 Å². The van der Waals surface area contributed by atoms with Gasteiger partial charge in [-0.05, 0) is 23.6 Å². The molecule has 202 valence electrons. The first-order chi connectivity index (χ1) is 18.7. The van der Waals surface area contributed by atoms with Crippen LogP contribution in [0.15, 0.2) is 121 Å². The second-order valence-corrected chi connectivity index (χ2v) is 9.24. The summed E-state index contributed by atoms with van der Waals surface area (Å²) in [5.41, 5.74) is 7.86. The molecule has 0 aliphatic heterocycles. The van der Waals surface area contributed by atoms with Gasteiger partial charge in [0.2, 0.25) is 0 Å². The van der Waals surface area contributed by atoms with Crippen LogP contribution in [-0.4, -0.2) is 20.1 Å². The standard InChI is InChI=1S/C33H30N.2CH2O.Ru.3H/c1-25(2)24-34-33(29-21-13-6-14-22-29)23-30(26-15-7-3-8-16-26)31(27-17-9-4-10-18-27)32(33)28-19-11-5-12-20-28;2*1-2;;;;/h3-22,25,34H,24H2,1-2H3;2*1H2;;;;/q-1;;;+4;3*-1. The second-order valence-electron chi connectivity index (χ2n) is 9.24. The first-order valence-corrected chi connectivity index (χ1v) is 12.6. The van der Waals surface area contributed by atoms with Gasteiger partial charge in [-0.15, -0.1) is 23.3 Å². The van der Waals surface area contributed by atoms with Crippen molar-refractivity contribution in [1.82, 2.24) is 5.32 Å². The zero-order chi connectivity index (χ0) is 27.4. The Labute approximate surface area is 249 Å². The van der Waals surface area contributed by atoms with Crippen molar-refractivity contribution in [1.29, 1.82) is 0 Å². The summed E-state index contributed by atoms with van der Waals surface area (Å²) >= 11 is 0. The van der Waals surface area contributed by atoms with Crippen molar-refractivity contribution in [3.05, 3.63) is 150 Å². The zero-order valence-corrected chi connectivity index (χ0v) is 24.2. The van der Waals surface area contributed by atoms with Gasteiger partial charge in [-0.3, -0.25) is 0 Å². The van der Waals surface area contributed by atoms with E-state index in [0.29, 0.717) is 5.92 Å². The van der Waals surface area contributed by atoms with E-state index in [1.807, 2.05) is 13.6 Å². The molecule has 0 fully saturated rings. The quantitative estimate of drug-likeness (QED) is 0.175. The van der Waals surface area contributed by atoms with Gasteiger partial charge in [-0.25, -0.2) is 0 Å². The van der Waals surface area contributed by atoms with Gasteiger partial charge in [0.25, 0.3) is 0 Å². The molecule has 0 spiro atoms. The molecule has 1 atom stereocenters. The fourth-order valence-electron chi connectivity index (χ4n) is 4.80. The van der Waals surface area contributed by atoms with E-state index < -0.39 is 5.54 Å². The summed E-state index contributed by atoms with van der Waals surface area (Å²) in [6, 6.07) is 43.0. The monoisotopic (exact) mass is 605 g/mol. The second kappa shape index (κ2) is 15.6. The van der Waals surface area contributed by atoms with Crippen LogP contribution in [0, 0.1) is 12.0 Å². The largest absolute Gasteiger partial charge is 4.00 e. The maximum Gasteiger partial charge on any atom is 4.00 e. The molecule has 39 heavy (non-hydrogen) atoms. The van der Waals surface area contributed by atoms with Gasteiger partial charge in [0, 0.05) is 5.54 Å². The minimum Gasteiger partial charge on any atom is -1.00 e. The molecule has 0 saturated heterocycles.